The molecule has 0 amide bonds. The zero-order valence-electron chi connectivity index (χ0n) is 8.85. The van der Waals surface area contributed by atoms with Gasteiger partial charge in [-0.15, -0.1) is 0 Å². The van der Waals surface area contributed by atoms with E-state index in [1.54, 1.807) is 11.1 Å². The summed E-state index contributed by atoms with van der Waals surface area (Å²) in [5.41, 5.74) is 6.30. The minimum absolute atomic E-state index is 0. The third-order valence-electron chi connectivity index (χ3n) is 2.90. The van der Waals surface area contributed by atoms with Gasteiger partial charge in [-0.05, 0) is 0 Å². The van der Waals surface area contributed by atoms with Crippen LogP contribution in [-0.4, -0.2) is 6.88 Å². The molecule has 1 atom stereocenters. The molecule has 0 nitrogen and oxygen atoms in total. The second-order valence-corrected chi connectivity index (χ2v) is 8.37. The summed E-state index contributed by atoms with van der Waals surface area (Å²) in [5.74, 6) is 0. The summed E-state index contributed by atoms with van der Waals surface area (Å²) in [6, 6.07) is 8.91. The minimum atomic E-state index is -0.191. The van der Waals surface area contributed by atoms with E-state index < -0.39 is 0 Å². The van der Waals surface area contributed by atoms with E-state index in [0.717, 1.165) is 3.63 Å². The van der Waals surface area contributed by atoms with Gasteiger partial charge in [-0.1, -0.05) is 0 Å². The van der Waals surface area contributed by atoms with Crippen LogP contribution in [0.5, 0.6) is 0 Å². The van der Waals surface area contributed by atoms with Crippen LogP contribution in [0.1, 0.15) is 28.6 Å². The number of fused-ring (bicyclic) bond motifs is 1. The summed E-state index contributed by atoms with van der Waals surface area (Å²) < 4.78 is 0.859. The average Bonchev–Trinajstić information content (AvgIpc) is 2.41. The zero-order valence-corrected chi connectivity index (χ0v) is 14.2. The molecular formula is C11H13Cl2SiZr. The van der Waals surface area contributed by atoms with Crippen LogP contribution in [0.15, 0.2) is 29.8 Å². The molecule has 79 valence electrons. The molecular weight excluding hydrogens is 322 g/mol. The molecule has 1 aliphatic rings. The molecule has 2 rings (SSSR count). The molecule has 0 aliphatic heterocycles. The van der Waals surface area contributed by atoms with Crippen molar-refractivity contribution in [1.82, 2.24) is 0 Å². The Hall–Kier alpha value is 0.640. The molecule has 0 bridgehead atoms. The number of hydrogen-bond acceptors (Lipinski definition) is 0. The van der Waals surface area contributed by atoms with Gasteiger partial charge in [-0.25, -0.2) is 0 Å². The average molecular weight is 335 g/mol. The molecule has 0 fully saturated rings. The predicted octanol–water partition coefficient (Wildman–Crippen LogP) is -3.83. The van der Waals surface area contributed by atoms with Crippen molar-refractivity contribution in [3.8, 4) is 0 Å². The maximum Gasteiger partial charge on any atom is -1.00 e. The first kappa shape index (κ1) is 15.6. The van der Waals surface area contributed by atoms with Gasteiger partial charge >= 0.3 is 92.7 Å². The third kappa shape index (κ3) is 2.66. The topological polar surface area (TPSA) is 0 Å². The summed E-state index contributed by atoms with van der Waals surface area (Å²) in [4.78, 5) is 0. The Balaban J connectivity index is 0.000000980. The fourth-order valence-electron chi connectivity index (χ4n) is 2.02. The van der Waals surface area contributed by atoms with E-state index in [4.69, 9.17) is 0 Å². The molecule has 0 saturated carbocycles. The van der Waals surface area contributed by atoms with Crippen LogP contribution < -0.4 is 24.8 Å². The van der Waals surface area contributed by atoms with Crippen LogP contribution in [0.3, 0.4) is 0 Å². The van der Waals surface area contributed by atoms with E-state index in [0.29, 0.717) is 0 Å². The Morgan fingerprint density at radius 2 is 1.73 bits per heavy atom. The van der Waals surface area contributed by atoms with Crippen LogP contribution in [0.2, 0.25) is 0 Å². The third-order valence-corrected chi connectivity index (χ3v) is 8.15. The first-order chi connectivity index (χ1) is 6.25. The molecule has 0 saturated heterocycles. The van der Waals surface area contributed by atoms with Gasteiger partial charge < -0.3 is 24.8 Å². The number of halogens is 2. The summed E-state index contributed by atoms with van der Waals surface area (Å²) in [6.07, 6.45) is 0. The van der Waals surface area contributed by atoms with Gasteiger partial charge in [-0.3, -0.25) is 0 Å². The smallest absolute Gasteiger partial charge is 1.00 e. The van der Waals surface area contributed by atoms with Crippen molar-refractivity contribution in [1.29, 1.82) is 0 Å². The van der Waals surface area contributed by atoms with Gasteiger partial charge in [0, 0.05) is 0 Å². The Kier molecular flexibility index (Phi) is 6.67. The van der Waals surface area contributed by atoms with E-state index in [1.807, 2.05) is 0 Å². The molecule has 4 heteroatoms. The fraction of sp³-hybridized carbons (Fsp3) is 0.273. The molecule has 0 aromatic heterocycles. The Morgan fingerprint density at radius 1 is 1.13 bits per heavy atom. The van der Waals surface area contributed by atoms with Gasteiger partial charge in [0.15, 0.2) is 0 Å². The van der Waals surface area contributed by atoms with Crippen molar-refractivity contribution >= 4 is 12.5 Å². The van der Waals surface area contributed by atoms with E-state index in [2.05, 4.69) is 45.0 Å². The molecule has 1 aromatic rings. The maximum absolute atomic E-state index is 2.31. The molecule has 0 radical (unpaired) electrons. The van der Waals surface area contributed by atoms with E-state index >= 15 is 0 Å². The Labute approximate surface area is 117 Å². The first-order valence-corrected chi connectivity index (χ1v) is 11.9. The van der Waals surface area contributed by atoms with Crippen LogP contribution >= 0.6 is 0 Å². The Bertz CT molecular complexity index is 401. The molecule has 15 heavy (non-hydrogen) atoms. The van der Waals surface area contributed by atoms with Crippen molar-refractivity contribution in [2.24, 2.45) is 0 Å². The predicted molar refractivity (Wildman–Crippen MR) is 56.0 cm³/mol. The second-order valence-electron chi connectivity index (χ2n) is 3.53. The fourth-order valence-corrected chi connectivity index (χ4v) is 7.57. The molecule has 1 aromatic carbocycles. The number of benzene rings is 1. The van der Waals surface area contributed by atoms with Gasteiger partial charge in [0.2, 0.25) is 0 Å². The van der Waals surface area contributed by atoms with Gasteiger partial charge in [0.1, 0.15) is 0 Å². The van der Waals surface area contributed by atoms with Gasteiger partial charge in [0.25, 0.3) is 0 Å². The van der Waals surface area contributed by atoms with Crippen molar-refractivity contribution in [2.45, 2.75) is 17.5 Å². The van der Waals surface area contributed by atoms with Gasteiger partial charge in [-0.2, -0.15) is 0 Å². The summed E-state index contributed by atoms with van der Waals surface area (Å²) >= 11 is -0.191. The van der Waals surface area contributed by atoms with Crippen LogP contribution in [-0.2, 0) is 21.9 Å². The van der Waals surface area contributed by atoms with E-state index in [9.17, 15) is 0 Å². The quantitative estimate of drug-likeness (QED) is 0.462. The largest absolute Gasteiger partial charge is 1.00 e. The second kappa shape index (κ2) is 6.39. The van der Waals surface area contributed by atoms with Gasteiger partial charge in [0.05, 0.1) is 0 Å². The molecule has 1 aliphatic carbocycles. The van der Waals surface area contributed by atoms with Crippen molar-refractivity contribution in [3.63, 3.8) is 0 Å². The van der Waals surface area contributed by atoms with Crippen molar-refractivity contribution in [3.05, 3.63) is 41.0 Å². The van der Waals surface area contributed by atoms with E-state index in [-0.39, 0.29) is 46.7 Å². The molecule has 0 heterocycles. The standard InChI is InChI=1S/C11H11.2ClH.H2Si.Zr/c1-8-7-10-5-3-4-6-11(10)9(8)2;;;;/h3-7H,1-2H3;2*1H;1H2;/q;;;;+2/p-2. The monoisotopic (exact) mass is 333 g/mol. The zero-order chi connectivity index (χ0) is 9.42. The number of hydrogen-bond donors (Lipinski definition) is 0. The van der Waals surface area contributed by atoms with E-state index in [1.165, 1.54) is 11.1 Å². The van der Waals surface area contributed by atoms with Crippen LogP contribution in [0, 0.1) is 0 Å². The molecule has 0 unspecified atom stereocenters. The normalized spacial score (nSPS) is 17.3. The molecule has 0 spiro atoms. The SMILES string of the molecule is CC1=C(C)[C@@H]([Zr+2]=[SiH2])c2ccccc21.[Cl-].[Cl-]. The van der Waals surface area contributed by atoms with Crippen molar-refractivity contribution in [2.75, 3.05) is 0 Å². The van der Waals surface area contributed by atoms with Crippen LogP contribution in [0.4, 0.5) is 0 Å². The first-order valence-electron chi connectivity index (χ1n) is 4.55. The summed E-state index contributed by atoms with van der Waals surface area (Å²) in [5, 5.41) is 0. The summed E-state index contributed by atoms with van der Waals surface area (Å²) in [7, 11) is 0. The number of rotatable bonds is 1. The summed E-state index contributed by atoms with van der Waals surface area (Å²) in [6.45, 7) is 6.83. The maximum atomic E-state index is 2.31. The number of allylic oxidation sites excluding steroid dienone is 2. The minimum Gasteiger partial charge on any atom is -1.00 e. The molecule has 0 N–H and O–H groups in total. The van der Waals surface area contributed by atoms with Crippen molar-refractivity contribution < 1.29 is 46.7 Å². The Morgan fingerprint density at radius 3 is 2.33 bits per heavy atom. The van der Waals surface area contributed by atoms with Crippen LogP contribution in [0.25, 0.3) is 5.57 Å².